The first-order valence-corrected chi connectivity index (χ1v) is 5.32. The zero-order valence-corrected chi connectivity index (χ0v) is 9.35. The van der Waals surface area contributed by atoms with Crippen LogP contribution in [0.2, 0.25) is 0 Å². The maximum absolute atomic E-state index is 13.6. The van der Waals surface area contributed by atoms with E-state index in [-0.39, 0.29) is 11.3 Å². The van der Waals surface area contributed by atoms with Crippen LogP contribution >= 0.6 is 0 Å². The van der Waals surface area contributed by atoms with E-state index < -0.39 is 18.0 Å². The molecule has 0 aliphatic carbocycles. The van der Waals surface area contributed by atoms with Crippen molar-refractivity contribution in [1.29, 1.82) is 0 Å². The molecule has 0 amide bonds. The Morgan fingerprint density at radius 2 is 1.61 bits per heavy atom. The maximum atomic E-state index is 13.6. The molecule has 0 saturated heterocycles. The first-order valence-electron chi connectivity index (χ1n) is 5.32. The predicted molar refractivity (Wildman–Crippen MR) is 62.7 cm³/mol. The Balaban J connectivity index is 2.06. The van der Waals surface area contributed by atoms with Gasteiger partial charge in [-0.1, -0.05) is 30.3 Å². The van der Waals surface area contributed by atoms with Crippen LogP contribution in [0.1, 0.15) is 10.4 Å². The summed E-state index contributed by atoms with van der Waals surface area (Å²) in [5.41, 5.74) is 0.229. The summed E-state index contributed by atoms with van der Waals surface area (Å²) in [6.07, 6.45) is -2.10. The van der Waals surface area contributed by atoms with Gasteiger partial charge in [-0.3, -0.25) is 4.79 Å². The van der Waals surface area contributed by atoms with Crippen LogP contribution in [-0.2, 0) is 0 Å². The van der Waals surface area contributed by atoms with Crippen molar-refractivity contribution < 1.29 is 18.3 Å². The van der Waals surface area contributed by atoms with Crippen LogP contribution in [0.4, 0.5) is 8.78 Å². The fraction of sp³-hybridized carbons (Fsp3) is 0.0714. The average molecular weight is 248 g/mol. The van der Waals surface area contributed by atoms with Crippen LogP contribution in [0.15, 0.2) is 54.6 Å². The highest BCUT2D eigenvalue weighted by molar-refractivity contribution is 5.98. The minimum Gasteiger partial charge on any atom is -0.453 e. The quantitative estimate of drug-likeness (QED) is 0.775. The molecular formula is C14H10F2O2. The second-order valence-corrected chi connectivity index (χ2v) is 3.62. The molecule has 0 fully saturated rings. The molecule has 0 aliphatic heterocycles. The van der Waals surface area contributed by atoms with E-state index in [1.54, 1.807) is 18.2 Å². The smallest absolute Gasteiger partial charge is 0.301 e. The average Bonchev–Trinajstić information content (AvgIpc) is 2.41. The van der Waals surface area contributed by atoms with Crippen molar-refractivity contribution in [2.75, 3.05) is 0 Å². The lowest BCUT2D eigenvalue weighted by Crippen LogP contribution is -2.22. The lowest BCUT2D eigenvalue weighted by Gasteiger charge is -2.10. The van der Waals surface area contributed by atoms with Crippen LogP contribution in [0.5, 0.6) is 5.75 Å². The van der Waals surface area contributed by atoms with Crippen molar-refractivity contribution in [2.45, 2.75) is 6.36 Å². The van der Waals surface area contributed by atoms with E-state index >= 15 is 0 Å². The molecule has 2 aromatic carbocycles. The molecule has 0 heterocycles. The lowest BCUT2D eigenvalue weighted by atomic mass is 10.1. The second-order valence-electron chi connectivity index (χ2n) is 3.62. The third-order valence-electron chi connectivity index (χ3n) is 2.32. The predicted octanol–water partition coefficient (Wildman–Crippen LogP) is 3.38. The maximum Gasteiger partial charge on any atom is 0.301 e. The van der Waals surface area contributed by atoms with Gasteiger partial charge in [-0.05, 0) is 24.3 Å². The Labute approximate surface area is 103 Å². The van der Waals surface area contributed by atoms with E-state index in [4.69, 9.17) is 4.74 Å². The molecule has 0 N–H and O–H groups in total. The monoisotopic (exact) mass is 248 g/mol. The largest absolute Gasteiger partial charge is 0.453 e. The summed E-state index contributed by atoms with van der Waals surface area (Å²) in [6, 6.07) is 12.8. The first-order chi connectivity index (χ1) is 8.66. The second kappa shape index (κ2) is 5.40. The van der Waals surface area contributed by atoms with Gasteiger partial charge in [-0.15, -0.1) is 0 Å². The number of alkyl halides is 1. The van der Waals surface area contributed by atoms with Crippen molar-refractivity contribution in [3.05, 3.63) is 66.0 Å². The van der Waals surface area contributed by atoms with Gasteiger partial charge in [-0.25, -0.2) is 4.39 Å². The number of ketones is 1. The van der Waals surface area contributed by atoms with Crippen LogP contribution in [-0.4, -0.2) is 12.1 Å². The fourth-order valence-corrected chi connectivity index (χ4v) is 1.42. The van der Waals surface area contributed by atoms with E-state index in [1.807, 2.05) is 0 Å². The molecule has 4 heteroatoms. The summed E-state index contributed by atoms with van der Waals surface area (Å²) in [4.78, 5) is 11.6. The summed E-state index contributed by atoms with van der Waals surface area (Å²) in [5.74, 6) is -1.11. The summed E-state index contributed by atoms with van der Waals surface area (Å²) in [7, 11) is 0. The molecule has 18 heavy (non-hydrogen) atoms. The third kappa shape index (κ3) is 2.91. The summed E-state index contributed by atoms with van der Waals surface area (Å²) in [6.45, 7) is 0. The highest BCUT2D eigenvalue weighted by Crippen LogP contribution is 2.16. The van der Waals surface area contributed by atoms with Gasteiger partial charge in [0, 0.05) is 5.56 Å². The van der Waals surface area contributed by atoms with Gasteiger partial charge in [0.15, 0.2) is 0 Å². The molecule has 2 rings (SSSR count). The zero-order valence-electron chi connectivity index (χ0n) is 9.35. The Bertz CT molecular complexity index is 523. The minimum absolute atomic E-state index is 0.105. The van der Waals surface area contributed by atoms with Gasteiger partial charge < -0.3 is 4.74 Å². The number of benzene rings is 2. The van der Waals surface area contributed by atoms with E-state index in [0.717, 1.165) is 12.1 Å². The van der Waals surface area contributed by atoms with E-state index in [2.05, 4.69) is 0 Å². The van der Waals surface area contributed by atoms with Crippen molar-refractivity contribution >= 4 is 5.78 Å². The SMILES string of the molecule is O=C(c1ccccc1)C(F)Oc1ccc(F)cc1. The summed E-state index contributed by atoms with van der Waals surface area (Å²) < 4.78 is 31.0. The molecule has 0 saturated carbocycles. The molecule has 2 nitrogen and oxygen atoms in total. The zero-order chi connectivity index (χ0) is 13.0. The van der Waals surface area contributed by atoms with Gasteiger partial charge >= 0.3 is 6.36 Å². The number of ether oxygens (including phenoxy) is 1. The molecule has 0 bridgehead atoms. The van der Waals surface area contributed by atoms with Crippen LogP contribution in [0.25, 0.3) is 0 Å². The number of hydrogen-bond donors (Lipinski definition) is 0. The number of rotatable bonds is 4. The molecule has 0 aliphatic rings. The number of carbonyl (C=O) groups is 1. The fourth-order valence-electron chi connectivity index (χ4n) is 1.42. The Hall–Kier alpha value is -2.23. The highest BCUT2D eigenvalue weighted by Gasteiger charge is 2.20. The van der Waals surface area contributed by atoms with Crippen LogP contribution in [0.3, 0.4) is 0 Å². The van der Waals surface area contributed by atoms with Gasteiger partial charge in [0.2, 0.25) is 5.78 Å². The molecule has 0 spiro atoms. The van der Waals surface area contributed by atoms with Gasteiger partial charge in [0.25, 0.3) is 0 Å². The van der Waals surface area contributed by atoms with Crippen LogP contribution < -0.4 is 4.74 Å². The van der Waals surface area contributed by atoms with E-state index in [9.17, 15) is 13.6 Å². The Morgan fingerprint density at radius 1 is 1.00 bits per heavy atom. The first kappa shape index (κ1) is 12.2. The minimum atomic E-state index is -2.10. The van der Waals surface area contributed by atoms with Gasteiger partial charge in [0.1, 0.15) is 11.6 Å². The Kier molecular flexibility index (Phi) is 3.67. The molecule has 92 valence electrons. The normalized spacial score (nSPS) is 11.9. The molecule has 2 aromatic rings. The summed E-state index contributed by atoms with van der Waals surface area (Å²) >= 11 is 0. The topological polar surface area (TPSA) is 26.3 Å². The van der Waals surface area contributed by atoms with E-state index in [0.29, 0.717) is 0 Å². The van der Waals surface area contributed by atoms with Crippen molar-refractivity contribution in [3.63, 3.8) is 0 Å². The van der Waals surface area contributed by atoms with Gasteiger partial charge in [-0.2, -0.15) is 4.39 Å². The van der Waals surface area contributed by atoms with Gasteiger partial charge in [0.05, 0.1) is 0 Å². The third-order valence-corrected chi connectivity index (χ3v) is 2.32. The number of halogens is 2. The molecule has 0 aromatic heterocycles. The lowest BCUT2D eigenvalue weighted by molar-refractivity contribution is 0.0451. The molecule has 0 radical (unpaired) electrons. The number of carbonyl (C=O) groups excluding carboxylic acids is 1. The van der Waals surface area contributed by atoms with Crippen LogP contribution in [0, 0.1) is 5.82 Å². The van der Waals surface area contributed by atoms with Crippen molar-refractivity contribution in [1.82, 2.24) is 0 Å². The van der Waals surface area contributed by atoms with E-state index in [1.165, 1.54) is 24.3 Å². The summed E-state index contributed by atoms with van der Waals surface area (Å²) in [5, 5.41) is 0. The van der Waals surface area contributed by atoms with Crippen molar-refractivity contribution in [3.8, 4) is 5.75 Å². The molecule has 1 atom stereocenters. The number of Topliss-reactive ketones (excluding diaryl/α,β-unsaturated/α-hetero) is 1. The highest BCUT2D eigenvalue weighted by atomic mass is 19.1. The van der Waals surface area contributed by atoms with Crippen molar-refractivity contribution in [2.24, 2.45) is 0 Å². The standard InChI is InChI=1S/C14H10F2O2/c15-11-6-8-12(9-7-11)18-14(16)13(17)10-4-2-1-3-5-10/h1-9,14H. The number of hydrogen-bond acceptors (Lipinski definition) is 2. The Morgan fingerprint density at radius 3 is 2.22 bits per heavy atom. The molecule has 1 unspecified atom stereocenters. The molecular weight excluding hydrogens is 238 g/mol.